The van der Waals surface area contributed by atoms with Crippen LogP contribution < -0.4 is 10.6 Å². The molecule has 3 rings (SSSR count). The highest BCUT2D eigenvalue weighted by Crippen LogP contribution is 2.23. The third kappa shape index (κ3) is 3.42. The van der Waals surface area contributed by atoms with Crippen LogP contribution in [0, 0.1) is 6.92 Å². The maximum Gasteiger partial charge on any atom is 0.241 e. The minimum atomic E-state index is 0.178. The van der Waals surface area contributed by atoms with Gasteiger partial charge in [0.1, 0.15) is 5.82 Å². The quantitative estimate of drug-likeness (QED) is 0.795. The Morgan fingerprint density at radius 1 is 1.27 bits per heavy atom. The number of amides is 1. The van der Waals surface area contributed by atoms with E-state index >= 15 is 0 Å². The van der Waals surface area contributed by atoms with Crippen LogP contribution in [0.5, 0.6) is 0 Å². The minimum Gasteiger partial charge on any atom is -0.376 e. The Balaban J connectivity index is 1.62. The number of benzene rings is 1. The van der Waals surface area contributed by atoms with E-state index in [0.717, 1.165) is 48.7 Å². The third-order valence-electron chi connectivity index (χ3n) is 4.01. The number of hydrogen-bond acceptors (Lipinski definition) is 3. The normalized spacial score (nSPS) is 14.1. The molecule has 0 unspecified atom stereocenters. The van der Waals surface area contributed by atoms with E-state index in [4.69, 9.17) is 0 Å². The molecule has 0 atom stereocenters. The SMILES string of the molecule is Cc1ccc(NCC(=O)N2CCCC2)cc1Nc1ccc[nH]1. The van der Waals surface area contributed by atoms with Crippen LogP contribution >= 0.6 is 0 Å². The molecule has 1 aromatic carbocycles. The average Bonchev–Trinajstić information content (AvgIpc) is 3.20. The van der Waals surface area contributed by atoms with E-state index in [1.807, 2.05) is 41.4 Å². The summed E-state index contributed by atoms with van der Waals surface area (Å²) in [6.45, 7) is 4.21. The van der Waals surface area contributed by atoms with Gasteiger partial charge in [-0.2, -0.15) is 0 Å². The van der Waals surface area contributed by atoms with Gasteiger partial charge in [0, 0.05) is 30.7 Å². The van der Waals surface area contributed by atoms with Crippen LogP contribution in [-0.4, -0.2) is 35.4 Å². The fraction of sp³-hybridized carbons (Fsp3) is 0.353. The summed E-state index contributed by atoms with van der Waals surface area (Å²) in [4.78, 5) is 17.1. The summed E-state index contributed by atoms with van der Waals surface area (Å²) in [5.41, 5.74) is 3.14. The van der Waals surface area contributed by atoms with Gasteiger partial charge in [-0.25, -0.2) is 0 Å². The Morgan fingerprint density at radius 3 is 2.82 bits per heavy atom. The summed E-state index contributed by atoms with van der Waals surface area (Å²) in [5, 5.41) is 6.57. The molecule has 2 aromatic rings. The Morgan fingerprint density at radius 2 is 2.09 bits per heavy atom. The van der Waals surface area contributed by atoms with Crippen molar-refractivity contribution in [2.45, 2.75) is 19.8 Å². The molecule has 1 fully saturated rings. The van der Waals surface area contributed by atoms with Crippen LogP contribution in [0.4, 0.5) is 17.2 Å². The highest BCUT2D eigenvalue weighted by atomic mass is 16.2. The third-order valence-corrected chi connectivity index (χ3v) is 4.01. The predicted octanol–water partition coefficient (Wildman–Crippen LogP) is 3.10. The van der Waals surface area contributed by atoms with Crippen LogP contribution in [0.3, 0.4) is 0 Å². The van der Waals surface area contributed by atoms with Gasteiger partial charge in [0.25, 0.3) is 0 Å². The van der Waals surface area contributed by atoms with Gasteiger partial charge in [0.05, 0.1) is 6.54 Å². The first-order valence-electron chi connectivity index (χ1n) is 7.75. The van der Waals surface area contributed by atoms with Crippen molar-refractivity contribution in [3.8, 4) is 0 Å². The standard InChI is InChI=1S/C17H22N4O/c1-13-6-7-14(11-15(13)20-16-5-4-8-18-16)19-12-17(22)21-9-2-3-10-21/h4-8,11,18-20H,2-3,9-10,12H2,1H3. The monoisotopic (exact) mass is 298 g/mol. The Labute approximate surface area is 130 Å². The first-order chi connectivity index (χ1) is 10.7. The number of aromatic nitrogens is 1. The molecule has 0 aliphatic carbocycles. The molecule has 5 nitrogen and oxygen atoms in total. The summed E-state index contributed by atoms with van der Waals surface area (Å²) >= 11 is 0. The number of H-pyrrole nitrogens is 1. The number of carbonyl (C=O) groups is 1. The van der Waals surface area contributed by atoms with Crippen molar-refractivity contribution in [3.05, 3.63) is 42.1 Å². The van der Waals surface area contributed by atoms with Gasteiger partial charge >= 0.3 is 0 Å². The molecule has 1 aromatic heterocycles. The van der Waals surface area contributed by atoms with E-state index in [9.17, 15) is 4.79 Å². The van der Waals surface area contributed by atoms with E-state index in [2.05, 4.69) is 22.5 Å². The van der Waals surface area contributed by atoms with Gasteiger partial charge in [0.15, 0.2) is 0 Å². The van der Waals surface area contributed by atoms with Crippen molar-refractivity contribution in [2.24, 2.45) is 0 Å². The number of anilines is 3. The molecule has 22 heavy (non-hydrogen) atoms. The summed E-state index contributed by atoms with van der Waals surface area (Å²) < 4.78 is 0. The molecule has 0 bridgehead atoms. The van der Waals surface area contributed by atoms with E-state index in [1.165, 1.54) is 0 Å². The predicted molar refractivity (Wildman–Crippen MR) is 89.6 cm³/mol. The molecule has 1 aliphatic heterocycles. The lowest BCUT2D eigenvalue weighted by Crippen LogP contribution is -2.32. The van der Waals surface area contributed by atoms with Crippen molar-refractivity contribution < 1.29 is 4.79 Å². The highest BCUT2D eigenvalue weighted by Gasteiger charge is 2.17. The van der Waals surface area contributed by atoms with Crippen molar-refractivity contribution in [3.63, 3.8) is 0 Å². The maximum atomic E-state index is 12.1. The number of hydrogen-bond donors (Lipinski definition) is 3. The van der Waals surface area contributed by atoms with Crippen molar-refractivity contribution in [1.82, 2.24) is 9.88 Å². The van der Waals surface area contributed by atoms with Gasteiger partial charge < -0.3 is 20.5 Å². The van der Waals surface area contributed by atoms with Crippen LogP contribution in [0.25, 0.3) is 0 Å². The second-order valence-electron chi connectivity index (χ2n) is 5.68. The van der Waals surface area contributed by atoms with Crippen LogP contribution in [0.1, 0.15) is 18.4 Å². The van der Waals surface area contributed by atoms with Gasteiger partial charge in [-0.05, 0) is 49.6 Å². The number of rotatable bonds is 5. The van der Waals surface area contributed by atoms with Crippen molar-refractivity contribution in [2.75, 3.05) is 30.3 Å². The van der Waals surface area contributed by atoms with Crippen molar-refractivity contribution in [1.29, 1.82) is 0 Å². The van der Waals surface area contributed by atoms with E-state index in [1.54, 1.807) is 0 Å². The van der Waals surface area contributed by atoms with Gasteiger partial charge in [-0.15, -0.1) is 0 Å². The Bertz CT molecular complexity index is 630. The fourth-order valence-electron chi connectivity index (χ4n) is 2.68. The molecular weight excluding hydrogens is 276 g/mol. The van der Waals surface area contributed by atoms with E-state index in [-0.39, 0.29) is 5.91 Å². The lowest BCUT2D eigenvalue weighted by molar-refractivity contribution is -0.128. The molecule has 2 heterocycles. The molecule has 3 N–H and O–H groups in total. The minimum absolute atomic E-state index is 0.178. The zero-order chi connectivity index (χ0) is 15.4. The molecule has 1 saturated heterocycles. The zero-order valence-corrected chi connectivity index (χ0v) is 12.9. The van der Waals surface area contributed by atoms with Gasteiger partial charge in [-0.3, -0.25) is 4.79 Å². The lowest BCUT2D eigenvalue weighted by atomic mass is 10.1. The van der Waals surface area contributed by atoms with Crippen LogP contribution in [0.2, 0.25) is 0 Å². The summed E-state index contributed by atoms with van der Waals surface area (Å²) in [7, 11) is 0. The number of nitrogens with one attached hydrogen (secondary N) is 3. The first kappa shape index (κ1) is 14.5. The summed E-state index contributed by atoms with van der Waals surface area (Å²) in [5.74, 6) is 1.13. The molecule has 116 valence electrons. The summed E-state index contributed by atoms with van der Waals surface area (Å²) in [6, 6.07) is 10.0. The largest absolute Gasteiger partial charge is 0.376 e. The number of carbonyl (C=O) groups excluding carboxylic acids is 1. The van der Waals surface area contributed by atoms with Crippen LogP contribution in [0.15, 0.2) is 36.5 Å². The second kappa shape index (κ2) is 6.56. The maximum absolute atomic E-state index is 12.1. The second-order valence-corrected chi connectivity index (χ2v) is 5.68. The molecule has 1 aliphatic rings. The Kier molecular flexibility index (Phi) is 4.32. The highest BCUT2D eigenvalue weighted by molar-refractivity contribution is 5.81. The van der Waals surface area contributed by atoms with Crippen LogP contribution in [-0.2, 0) is 4.79 Å². The number of likely N-dealkylation sites (tertiary alicyclic amines) is 1. The molecular formula is C17H22N4O. The van der Waals surface area contributed by atoms with Crippen molar-refractivity contribution >= 4 is 23.1 Å². The lowest BCUT2D eigenvalue weighted by Gasteiger charge is -2.17. The van der Waals surface area contributed by atoms with Gasteiger partial charge in [-0.1, -0.05) is 6.07 Å². The smallest absolute Gasteiger partial charge is 0.241 e. The molecule has 0 radical (unpaired) electrons. The Hall–Kier alpha value is -2.43. The van der Waals surface area contributed by atoms with E-state index < -0.39 is 0 Å². The molecule has 1 amide bonds. The van der Waals surface area contributed by atoms with E-state index in [0.29, 0.717) is 6.54 Å². The topological polar surface area (TPSA) is 60.2 Å². The number of aryl methyl sites for hydroxylation is 1. The molecule has 5 heteroatoms. The molecule has 0 spiro atoms. The molecule has 0 saturated carbocycles. The number of aromatic amines is 1. The first-order valence-corrected chi connectivity index (χ1v) is 7.75. The number of nitrogens with zero attached hydrogens (tertiary/aromatic N) is 1. The summed E-state index contributed by atoms with van der Waals surface area (Å²) in [6.07, 6.45) is 4.13. The zero-order valence-electron chi connectivity index (χ0n) is 12.9. The fourth-order valence-corrected chi connectivity index (χ4v) is 2.68. The average molecular weight is 298 g/mol. The van der Waals surface area contributed by atoms with Gasteiger partial charge in [0.2, 0.25) is 5.91 Å².